The van der Waals surface area contributed by atoms with Gasteiger partial charge in [-0.1, -0.05) is 84.5 Å². The minimum Gasteiger partial charge on any atom is -0.507 e. The smallest absolute Gasteiger partial charge is 0.222 e. The van der Waals surface area contributed by atoms with Gasteiger partial charge in [-0.2, -0.15) is 4.39 Å². The number of hydrogen-bond donors (Lipinski definition) is 1. The van der Waals surface area contributed by atoms with Gasteiger partial charge in [0, 0.05) is 17.3 Å². The maximum Gasteiger partial charge on any atom is 0.222 e. The fraction of sp³-hybridized carbons (Fsp3) is 0.216. The number of nitrogens with zero attached hydrogens (tertiary/aromatic N) is 3. The predicted molar refractivity (Wildman–Crippen MR) is 171 cm³/mol. The first-order valence-corrected chi connectivity index (χ1v) is 14.1. The highest BCUT2D eigenvalue weighted by Gasteiger charge is 2.23. The van der Waals surface area contributed by atoms with Crippen molar-refractivity contribution < 1.29 is 9.50 Å². The van der Waals surface area contributed by atoms with Crippen molar-refractivity contribution in [3.63, 3.8) is 0 Å². The van der Waals surface area contributed by atoms with E-state index < -0.39 is 5.95 Å². The van der Waals surface area contributed by atoms with Crippen LogP contribution in [0.2, 0.25) is 0 Å². The Labute approximate surface area is 247 Å². The summed E-state index contributed by atoms with van der Waals surface area (Å²) in [6.07, 6.45) is 3.22. The molecule has 212 valence electrons. The van der Waals surface area contributed by atoms with E-state index in [0.717, 1.165) is 11.1 Å². The molecule has 0 radical (unpaired) electrons. The summed E-state index contributed by atoms with van der Waals surface area (Å²) < 4.78 is 15.7. The molecule has 0 aliphatic heterocycles. The predicted octanol–water partition coefficient (Wildman–Crippen LogP) is 9.62. The number of rotatable bonds is 5. The number of pyridine rings is 3. The molecular weight excluding hydrogens is 521 g/mol. The molecule has 0 saturated carbocycles. The summed E-state index contributed by atoms with van der Waals surface area (Å²) in [5, 5.41) is 10.8. The van der Waals surface area contributed by atoms with E-state index in [1.165, 1.54) is 17.2 Å². The highest BCUT2D eigenvalue weighted by Crippen LogP contribution is 2.39. The van der Waals surface area contributed by atoms with E-state index in [-0.39, 0.29) is 22.1 Å². The lowest BCUT2D eigenvalue weighted by molar-refractivity contribution is 0.477. The van der Waals surface area contributed by atoms with E-state index in [2.05, 4.69) is 76.3 Å². The van der Waals surface area contributed by atoms with Crippen LogP contribution in [0.3, 0.4) is 0 Å². The van der Waals surface area contributed by atoms with E-state index >= 15 is 4.39 Å². The molecule has 3 aromatic heterocycles. The number of aromatic nitrogens is 3. The molecule has 0 unspecified atom stereocenters. The molecule has 1 N–H and O–H groups in total. The average molecular weight is 558 g/mol. The van der Waals surface area contributed by atoms with E-state index in [1.54, 1.807) is 24.4 Å². The van der Waals surface area contributed by atoms with Crippen molar-refractivity contribution in [3.05, 3.63) is 114 Å². The first-order valence-electron chi connectivity index (χ1n) is 14.1. The molecule has 42 heavy (non-hydrogen) atoms. The summed E-state index contributed by atoms with van der Waals surface area (Å²) in [6, 6.07) is 24.9. The zero-order chi connectivity index (χ0) is 30.2. The molecule has 0 bridgehead atoms. The van der Waals surface area contributed by atoms with Crippen LogP contribution in [0.15, 0.2) is 91.6 Å². The normalized spacial score (nSPS) is 11.9. The van der Waals surface area contributed by atoms with Gasteiger partial charge in [-0.05, 0) is 81.6 Å². The second-order valence-electron chi connectivity index (χ2n) is 12.6. The standard InChI is InChI=1S/C37H36FN3O/c1-8-30-28(31-14-11-12-16-39-31)22-29(35(38)41-30)33-20-24(19-32(40-33)27-13-9-10-15-34(27)42)23-17-25(36(2,3)4)21-26(18-23)37(5,6)7/h8-22,42H,1H2,2-7H3. The third-order valence-electron chi connectivity index (χ3n) is 7.42. The molecule has 0 fully saturated rings. The Balaban J connectivity index is 1.81. The minimum absolute atomic E-state index is 0.0828. The van der Waals surface area contributed by atoms with Gasteiger partial charge in [0.15, 0.2) is 0 Å². The van der Waals surface area contributed by atoms with Gasteiger partial charge < -0.3 is 5.11 Å². The monoisotopic (exact) mass is 557 g/mol. The Kier molecular flexibility index (Phi) is 7.55. The van der Waals surface area contributed by atoms with Crippen LogP contribution < -0.4 is 0 Å². The van der Waals surface area contributed by atoms with Crippen LogP contribution in [-0.2, 0) is 10.8 Å². The van der Waals surface area contributed by atoms with Crippen molar-refractivity contribution in [1.82, 2.24) is 15.0 Å². The van der Waals surface area contributed by atoms with Crippen LogP contribution in [0, 0.1) is 5.95 Å². The van der Waals surface area contributed by atoms with Crippen LogP contribution in [0.5, 0.6) is 5.75 Å². The molecule has 5 heteroatoms. The Hall–Kier alpha value is -4.64. The molecule has 0 spiro atoms. The molecule has 0 saturated heterocycles. The fourth-order valence-corrected chi connectivity index (χ4v) is 4.89. The third kappa shape index (κ3) is 5.87. The lowest BCUT2D eigenvalue weighted by Crippen LogP contribution is -2.16. The number of phenols is 1. The zero-order valence-corrected chi connectivity index (χ0v) is 25.0. The number of hydrogen-bond acceptors (Lipinski definition) is 4. The largest absolute Gasteiger partial charge is 0.507 e. The molecule has 0 aliphatic rings. The number of benzene rings is 2. The molecule has 4 nitrogen and oxygen atoms in total. The lowest BCUT2D eigenvalue weighted by atomic mass is 9.79. The van der Waals surface area contributed by atoms with Crippen molar-refractivity contribution >= 4 is 6.08 Å². The van der Waals surface area contributed by atoms with Gasteiger partial charge in [0.1, 0.15) is 5.75 Å². The van der Waals surface area contributed by atoms with Crippen LogP contribution in [-0.4, -0.2) is 20.1 Å². The van der Waals surface area contributed by atoms with Crippen LogP contribution >= 0.6 is 0 Å². The molecule has 5 aromatic rings. The van der Waals surface area contributed by atoms with Crippen LogP contribution in [0.1, 0.15) is 58.4 Å². The molecule has 2 aromatic carbocycles. The van der Waals surface area contributed by atoms with Crippen molar-refractivity contribution in [3.8, 4) is 50.6 Å². The van der Waals surface area contributed by atoms with Gasteiger partial charge in [0.2, 0.25) is 5.95 Å². The highest BCUT2D eigenvalue weighted by atomic mass is 19.1. The van der Waals surface area contributed by atoms with Crippen LogP contribution in [0.25, 0.3) is 51.0 Å². The van der Waals surface area contributed by atoms with E-state index in [9.17, 15) is 5.11 Å². The topological polar surface area (TPSA) is 58.9 Å². The first-order chi connectivity index (χ1) is 19.8. The summed E-state index contributed by atoms with van der Waals surface area (Å²) in [4.78, 5) is 13.6. The van der Waals surface area contributed by atoms with Crippen molar-refractivity contribution in [2.75, 3.05) is 0 Å². The van der Waals surface area contributed by atoms with E-state index in [4.69, 9.17) is 4.98 Å². The van der Waals surface area contributed by atoms with Crippen molar-refractivity contribution in [2.45, 2.75) is 52.4 Å². The molecule has 0 atom stereocenters. The summed E-state index contributed by atoms with van der Waals surface area (Å²) in [5.74, 6) is -0.557. The molecule has 0 amide bonds. The summed E-state index contributed by atoms with van der Waals surface area (Å²) in [7, 11) is 0. The van der Waals surface area contributed by atoms with Gasteiger partial charge in [-0.25, -0.2) is 9.97 Å². The number of halogens is 1. The van der Waals surface area contributed by atoms with E-state index in [0.29, 0.717) is 33.9 Å². The maximum absolute atomic E-state index is 15.7. The number of para-hydroxylation sites is 1. The number of phenolic OH excluding ortho intramolecular Hbond substituents is 1. The van der Waals surface area contributed by atoms with Gasteiger partial charge in [-0.3, -0.25) is 4.98 Å². The summed E-state index contributed by atoms with van der Waals surface area (Å²) in [6.45, 7) is 17.0. The van der Waals surface area contributed by atoms with Gasteiger partial charge in [-0.15, -0.1) is 0 Å². The Morgan fingerprint density at radius 3 is 1.83 bits per heavy atom. The lowest BCUT2D eigenvalue weighted by Gasteiger charge is -2.26. The second kappa shape index (κ2) is 11.0. The maximum atomic E-state index is 15.7. The van der Waals surface area contributed by atoms with Crippen molar-refractivity contribution in [2.24, 2.45) is 0 Å². The second-order valence-corrected chi connectivity index (χ2v) is 12.6. The summed E-state index contributed by atoms with van der Waals surface area (Å²) in [5.41, 5.74) is 7.55. The fourth-order valence-electron chi connectivity index (χ4n) is 4.89. The minimum atomic E-state index is -0.656. The quantitative estimate of drug-likeness (QED) is 0.219. The van der Waals surface area contributed by atoms with Crippen molar-refractivity contribution in [1.29, 1.82) is 0 Å². The Morgan fingerprint density at radius 2 is 1.26 bits per heavy atom. The Morgan fingerprint density at radius 1 is 0.667 bits per heavy atom. The van der Waals surface area contributed by atoms with E-state index in [1.807, 2.05) is 42.5 Å². The average Bonchev–Trinajstić information content (AvgIpc) is 2.96. The number of aromatic hydroxyl groups is 1. The SMILES string of the molecule is C=Cc1nc(F)c(-c2cc(-c3cc(C(C)(C)C)cc(C(C)(C)C)c3)cc(-c3ccccc3O)n2)cc1-c1ccccn1. The highest BCUT2D eigenvalue weighted by molar-refractivity contribution is 5.81. The first kappa shape index (κ1) is 28.9. The molecule has 5 rings (SSSR count). The molecule has 3 heterocycles. The van der Waals surface area contributed by atoms with Gasteiger partial charge >= 0.3 is 0 Å². The third-order valence-corrected chi connectivity index (χ3v) is 7.42. The van der Waals surface area contributed by atoms with Gasteiger partial charge in [0.05, 0.1) is 28.3 Å². The summed E-state index contributed by atoms with van der Waals surface area (Å²) >= 11 is 0. The Bertz CT molecular complexity index is 1750. The molecule has 0 aliphatic carbocycles. The zero-order valence-electron chi connectivity index (χ0n) is 25.0. The van der Waals surface area contributed by atoms with Crippen LogP contribution in [0.4, 0.5) is 4.39 Å². The molecular formula is C37H36FN3O. The van der Waals surface area contributed by atoms with Gasteiger partial charge in [0.25, 0.3) is 0 Å².